The summed E-state index contributed by atoms with van der Waals surface area (Å²) >= 11 is 0. The zero-order valence-electron chi connectivity index (χ0n) is 22.2. The molecule has 1 atom stereocenters. The van der Waals surface area contributed by atoms with Gasteiger partial charge in [0.1, 0.15) is 6.04 Å². The second-order valence-electron chi connectivity index (χ2n) is 9.31. The van der Waals surface area contributed by atoms with Gasteiger partial charge in [0.2, 0.25) is 21.8 Å². The molecule has 11 heteroatoms. The van der Waals surface area contributed by atoms with Crippen molar-refractivity contribution in [2.45, 2.75) is 65.2 Å². The lowest BCUT2D eigenvalue weighted by Crippen LogP contribution is -2.48. The van der Waals surface area contributed by atoms with E-state index in [0.29, 0.717) is 6.54 Å². The van der Waals surface area contributed by atoms with Crippen molar-refractivity contribution in [2.24, 2.45) is 0 Å². The van der Waals surface area contributed by atoms with Crippen molar-refractivity contribution in [3.8, 4) is 0 Å². The minimum atomic E-state index is -4.63. The first-order valence-electron chi connectivity index (χ1n) is 12.5. The van der Waals surface area contributed by atoms with Crippen molar-refractivity contribution in [3.63, 3.8) is 0 Å². The Morgan fingerprint density at radius 2 is 1.71 bits per heavy atom. The second kappa shape index (κ2) is 13.6. The van der Waals surface area contributed by atoms with Crippen molar-refractivity contribution in [1.29, 1.82) is 0 Å². The fraction of sp³-hybridized carbons (Fsp3) is 0.481. The van der Waals surface area contributed by atoms with Gasteiger partial charge in [-0.3, -0.25) is 13.9 Å². The van der Waals surface area contributed by atoms with Crippen LogP contribution < -0.4 is 9.62 Å². The first-order chi connectivity index (χ1) is 17.7. The van der Waals surface area contributed by atoms with Crippen LogP contribution in [0.1, 0.15) is 56.2 Å². The largest absolute Gasteiger partial charge is 0.416 e. The third-order valence-corrected chi connectivity index (χ3v) is 7.28. The van der Waals surface area contributed by atoms with E-state index in [2.05, 4.69) is 5.32 Å². The summed E-state index contributed by atoms with van der Waals surface area (Å²) in [5.41, 5.74) is 0.785. The zero-order valence-corrected chi connectivity index (χ0v) is 23.0. The molecular weight excluding hydrogens is 519 g/mol. The summed E-state index contributed by atoms with van der Waals surface area (Å²) in [4.78, 5) is 27.5. The van der Waals surface area contributed by atoms with Crippen LogP contribution in [0.5, 0.6) is 0 Å². The molecule has 2 aromatic rings. The van der Waals surface area contributed by atoms with Gasteiger partial charge in [0.05, 0.1) is 17.5 Å². The van der Waals surface area contributed by atoms with Gasteiger partial charge >= 0.3 is 6.18 Å². The fourth-order valence-electron chi connectivity index (χ4n) is 3.85. The van der Waals surface area contributed by atoms with Crippen LogP contribution in [-0.4, -0.2) is 50.5 Å². The number of unbranched alkanes of at least 4 members (excludes halogenated alkanes) is 1. The molecule has 2 aromatic carbocycles. The van der Waals surface area contributed by atoms with Gasteiger partial charge < -0.3 is 10.2 Å². The molecule has 0 bridgehead atoms. The van der Waals surface area contributed by atoms with Gasteiger partial charge in [-0.2, -0.15) is 13.2 Å². The first-order valence-corrected chi connectivity index (χ1v) is 14.4. The monoisotopic (exact) mass is 555 g/mol. The summed E-state index contributed by atoms with van der Waals surface area (Å²) in [5, 5.41) is 2.83. The van der Waals surface area contributed by atoms with Gasteiger partial charge in [-0.15, -0.1) is 0 Å². The van der Waals surface area contributed by atoms with E-state index in [1.165, 1.54) is 11.0 Å². The van der Waals surface area contributed by atoms with Gasteiger partial charge in [-0.05, 0) is 50.5 Å². The van der Waals surface area contributed by atoms with E-state index < -0.39 is 27.8 Å². The summed E-state index contributed by atoms with van der Waals surface area (Å²) in [7, 11) is -3.92. The van der Waals surface area contributed by atoms with E-state index in [-0.39, 0.29) is 43.4 Å². The molecule has 2 rings (SSSR count). The van der Waals surface area contributed by atoms with Crippen LogP contribution in [0.2, 0.25) is 0 Å². The molecule has 210 valence electrons. The molecule has 7 nitrogen and oxygen atoms in total. The lowest BCUT2D eigenvalue weighted by Gasteiger charge is -2.29. The number of hydrogen-bond donors (Lipinski definition) is 1. The number of amides is 2. The summed E-state index contributed by atoms with van der Waals surface area (Å²) in [5.74, 6) is -0.651. The fourth-order valence-corrected chi connectivity index (χ4v) is 4.81. The highest BCUT2D eigenvalue weighted by atomic mass is 32.2. The van der Waals surface area contributed by atoms with Gasteiger partial charge in [-0.25, -0.2) is 8.42 Å². The number of carbonyl (C=O) groups is 2. The molecule has 1 N–H and O–H groups in total. The second-order valence-corrected chi connectivity index (χ2v) is 11.2. The van der Waals surface area contributed by atoms with E-state index in [1.807, 2.05) is 38.1 Å². The number of alkyl halides is 3. The SMILES string of the molecule is CCCCNC(=O)C(C)N(Cc1ccc(C)cc1)C(=O)CCCN(c1cccc(C(F)(F)F)c1)S(C)(=O)=O. The van der Waals surface area contributed by atoms with Crippen LogP contribution in [0.3, 0.4) is 0 Å². The molecule has 0 aromatic heterocycles. The lowest BCUT2D eigenvalue weighted by molar-refractivity contribution is -0.140. The van der Waals surface area contributed by atoms with Crippen molar-refractivity contribution in [2.75, 3.05) is 23.7 Å². The Morgan fingerprint density at radius 1 is 1.05 bits per heavy atom. The Bertz CT molecular complexity index is 1180. The highest BCUT2D eigenvalue weighted by molar-refractivity contribution is 7.92. The molecular formula is C27H36F3N3O4S. The van der Waals surface area contributed by atoms with E-state index >= 15 is 0 Å². The van der Waals surface area contributed by atoms with Crippen molar-refractivity contribution >= 4 is 27.5 Å². The summed E-state index contributed by atoms with van der Waals surface area (Å²) in [6, 6.07) is 10.8. The molecule has 0 saturated carbocycles. The third kappa shape index (κ3) is 9.34. The molecule has 38 heavy (non-hydrogen) atoms. The van der Waals surface area contributed by atoms with Crippen LogP contribution in [0, 0.1) is 6.92 Å². The number of sulfonamides is 1. The smallest absolute Gasteiger partial charge is 0.354 e. The molecule has 0 radical (unpaired) electrons. The normalized spacial score (nSPS) is 12.6. The lowest BCUT2D eigenvalue weighted by atomic mass is 10.1. The number of rotatable bonds is 13. The Morgan fingerprint density at radius 3 is 2.29 bits per heavy atom. The van der Waals surface area contributed by atoms with Gasteiger partial charge in [0, 0.05) is 26.1 Å². The van der Waals surface area contributed by atoms with Crippen molar-refractivity contribution < 1.29 is 31.2 Å². The number of halogens is 3. The topological polar surface area (TPSA) is 86.8 Å². The Labute approximate surface area is 223 Å². The zero-order chi connectivity index (χ0) is 28.5. The molecule has 0 heterocycles. The average molecular weight is 556 g/mol. The number of nitrogens with one attached hydrogen (secondary N) is 1. The maximum atomic E-state index is 13.3. The van der Waals surface area contributed by atoms with Gasteiger partial charge in [0.15, 0.2) is 0 Å². The Balaban J connectivity index is 2.19. The van der Waals surface area contributed by atoms with Crippen molar-refractivity contribution in [3.05, 3.63) is 65.2 Å². The van der Waals surface area contributed by atoms with E-state index in [1.54, 1.807) is 6.92 Å². The highest BCUT2D eigenvalue weighted by Gasteiger charge is 2.32. The number of anilines is 1. The van der Waals surface area contributed by atoms with E-state index in [0.717, 1.165) is 52.7 Å². The molecule has 2 amide bonds. The van der Waals surface area contributed by atoms with Gasteiger partial charge in [-0.1, -0.05) is 49.2 Å². The molecule has 0 aliphatic heterocycles. The summed E-state index contributed by atoms with van der Waals surface area (Å²) in [6.45, 7) is 6.06. The van der Waals surface area contributed by atoms with Crippen molar-refractivity contribution in [1.82, 2.24) is 10.2 Å². The maximum Gasteiger partial charge on any atom is 0.416 e. The Kier molecular flexibility index (Phi) is 11.2. The van der Waals surface area contributed by atoms with Crippen LogP contribution >= 0.6 is 0 Å². The van der Waals surface area contributed by atoms with Gasteiger partial charge in [0.25, 0.3) is 0 Å². The number of aryl methyl sites for hydroxylation is 1. The standard InChI is InChI=1S/C27H36F3N3O4S/c1-5-6-16-31-26(35)21(3)32(19-22-14-12-20(2)13-15-22)25(34)11-8-17-33(38(4,36)37)24-10-7-9-23(18-24)27(28,29)30/h7,9-10,12-15,18,21H,5-6,8,11,16-17,19H2,1-4H3,(H,31,35). The maximum absolute atomic E-state index is 13.3. The minimum Gasteiger partial charge on any atom is -0.354 e. The van der Waals surface area contributed by atoms with Crippen LogP contribution in [0.25, 0.3) is 0 Å². The van der Waals surface area contributed by atoms with E-state index in [9.17, 15) is 31.2 Å². The quantitative estimate of drug-likeness (QED) is 0.357. The summed E-state index contributed by atoms with van der Waals surface area (Å²) < 4.78 is 65.1. The highest BCUT2D eigenvalue weighted by Crippen LogP contribution is 2.32. The molecule has 0 fully saturated rings. The number of carbonyl (C=O) groups excluding carboxylic acids is 2. The molecule has 0 aliphatic rings. The Hall–Kier alpha value is -3.08. The minimum absolute atomic E-state index is 0.0523. The predicted molar refractivity (Wildman–Crippen MR) is 142 cm³/mol. The number of hydrogen-bond acceptors (Lipinski definition) is 4. The molecule has 0 spiro atoms. The van der Waals surface area contributed by atoms with E-state index in [4.69, 9.17) is 0 Å². The number of nitrogens with zero attached hydrogens (tertiary/aromatic N) is 2. The molecule has 0 aliphatic carbocycles. The molecule has 1 unspecified atom stereocenters. The predicted octanol–water partition coefficient (Wildman–Crippen LogP) is 4.89. The number of benzene rings is 2. The third-order valence-electron chi connectivity index (χ3n) is 6.08. The van der Waals surface area contributed by atoms with Crippen LogP contribution in [-0.2, 0) is 32.3 Å². The van der Waals surface area contributed by atoms with Crippen LogP contribution in [0.15, 0.2) is 48.5 Å². The molecule has 0 saturated heterocycles. The first kappa shape index (κ1) is 31.1. The summed E-state index contributed by atoms with van der Waals surface area (Å²) in [6.07, 6.45) is -2.05. The average Bonchev–Trinajstić information content (AvgIpc) is 2.84. The van der Waals surface area contributed by atoms with Crippen LogP contribution in [0.4, 0.5) is 18.9 Å².